The molecule has 2 heterocycles. The first-order valence-electron chi connectivity index (χ1n) is 9.59. The number of benzene rings is 2. The summed E-state index contributed by atoms with van der Waals surface area (Å²) in [5.74, 6) is -1.27. The minimum Gasteiger partial charge on any atom is -0.300 e. The first-order valence-corrected chi connectivity index (χ1v) is 10.5. The zero-order chi connectivity index (χ0) is 21.4. The van der Waals surface area contributed by atoms with Crippen molar-refractivity contribution in [2.24, 2.45) is 0 Å². The molecule has 0 spiro atoms. The number of hydrogen-bond donors (Lipinski definition) is 1. The predicted octanol–water partition coefficient (Wildman–Crippen LogP) is 3.90. The summed E-state index contributed by atoms with van der Waals surface area (Å²) in [5.41, 5.74) is 6.48. The van der Waals surface area contributed by atoms with Gasteiger partial charge < -0.3 is 5.32 Å². The molecule has 3 aromatic rings. The van der Waals surface area contributed by atoms with Crippen LogP contribution in [0.1, 0.15) is 32.6 Å². The highest BCUT2D eigenvalue weighted by molar-refractivity contribution is 7.14. The summed E-state index contributed by atoms with van der Waals surface area (Å²) in [5, 5.41) is 5.04. The lowest BCUT2D eigenvalue weighted by Crippen LogP contribution is -2.46. The Morgan fingerprint density at radius 2 is 1.80 bits per heavy atom. The Bertz CT molecular complexity index is 1180. The fourth-order valence-corrected chi connectivity index (χ4v) is 4.28. The number of anilines is 1. The maximum absolute atomic E-state index is 12.6. The molecule has 0 aliphatic carbocycles. The van der Waals surface area contributed by atoms with Crippen LogP contribution >= 0.6 is 11.3 Å². The van der Waals surface area contributed by atoms with Gasteiger partial charge in [0.25, 0.3) is 5.91 Å². The average Bonchev–Trinajstić information content (AvgIpc) is 3.16. The molecule has 152 valence electrons. The van der Waals surface area contributed by atoms with Crippen molar-refractivity contribution < 1.29 is 14.4 Å². The third-order valence-corrected chi connectivity index (χ3v) is 6.06. The molecular formula is C23H21N3O3S. The summed E-state index contributed by atoms with van der Waals surface area (Å²) in [6.07, 6.45) is 0.114. The SMILES string of the molecule is Cc1cc(C)c(-c2csc(NC(=O)CN3C(=O)Cc4ccccc4C3=O)n2)cc1C. The molecular weight excluding hydrogens is 398 g/mol. The van der Waals surface area contributed by atoms with Gasteiger partial charge in [0.15, 0.2) is 5.13 Å². The van der Waals surface area contributed by atoms with Crippen molar-refractivity contribution >= 4 is 34.2 Å². The van der Waals surface area contributed by atoms with E-state index in [1.54, 1.807) is 24.3 Å². The zero-order valence-corrected chi connectivity index (χ0v) is 17.8. The molecule has 7 heteroatoms. The van der Waals surface area contributed by atoms with Crippen LogP contribution in [-0.2, 0) is 16.0 Å². The predicted molar refractivity (Wildman–Crippen MR) is 117 cm³/mol. The van der Waals surface area contributed by atoms with Crippen molar-refractivity contribution in [3.8, 4) is 11.3 Å². The standard InChI is InChI=1S/C23H21N3O3S/c1-13-8-15(3)18(9-14(13)2)19-12-30-23(24-19)25-20(27)11-26-21(28)10-16-6-4-5-7-17(16)22(26)29/h4-9,12H,10-11H2,1-3H3,(H,24,25,27). The third kappa shape index (κ3) is 3.76. The topological polar surface area (TPSA) is 79.4 Å². The van der Waals surface area contributed by atoms with Gasteiger partial charge in [0.1, 0.15) is 6.54 Å². The minimum atomic E-state index is -0.450. The molecule has 6 nitrogen and oxygen atoms in total. The first-order chi connectivity index (χ1) is 14.3. The lowest BCUT2D eigenvalue weighted by Gasteiger charge is -2.26. The molecule has 4 rings (SSSR count). The van der Waals surface area contributed by atoms with Gasteiger partial charge in [0, 0.05) is 16.5 Å². The molecule has 1 aromatic heterocycles. The monoisotopic (exact) mass is 419 g/mol. The molecule has 1 aliphatic rings. The lowest BCUT2D eigenvalue weighted by molar-refractivity contribution is -0.131. The van der Waals surface area contributed by atoms with Crippen molar-refractivity contribution in [1.82, 2.24) is 9.88 Å². The molecule has 0 bridgehead atoms. The normalized spacial score (nSPS) is 13.4. The summed E-state index contributed by atoms with van der Waals surface area (Å²) in [6, 6.07) is 11.2. The largest absolute Gasteiger partial charge is 0.300 e. The molecule has 0 unspecified atom stereocenters. The molecule has 0 saturated heterocycles. The van der Waals surface area contributed by atoms with E-state index in [1.165, 1.54) is 22.5 Å². The van der Waals surface area contributed by atoms with Gasteiger partial charge in [-0.1, -0.05) is 24.3 Å². The Hall–Kier alpha value is -3.32. The molecule has 30 heavy (non-hydrogen) atoms. The summed E-state index contributed by atoms with van der Waals surface area (Å²) < 4.78 is 0. The number of imide groups is 1. The van der Waals surface area contributed by atoms with E-state index in [2.05, 4.69) is 36.3 Å². The third-order valence-electron chi connectivity index (χ3n) is 5.30. The van der Waals surface area contributed by atoms with E-state index in [1.807, 2.05) is 12.3 Å². The highest BCUT2D eigenvalue weighted by Gasteiger charge is 2.32. The van der Waals surface area contributed by atoms with Gasteiger partial charge in [-0.3, -0.25) is 19.3 Å². The van der Waals surface area contributed by atoms with Crippen LogP contribution in [0.4, 0.5) is 5.13 Å². The van der Waals surface area contributed by atoms with Crippen molar-refractivity contribution in [2.45, 2.75) is 27.2 Å². The number of amides is 3. The Morgan fingerprint density at radius 3 is 2.60 bits per heavy atom. The summed E-state index contributed by atoms with van der Waals surface area (Å²) in [6.45, 7) is 5.83. The van der Waals surface area contributed by atoms with Gasteiger partial charge in [-0.25, -0.2) is 4.98 Å². The van der Waals surface area contributed by atoms with E-state index in [-0.39, 0.29) is 18.9 Å². The Morgan fingerprint density at radius 1 is 1.07 bits per heavy atom. The fraction of sp³-hybridized carbons (Fsp3) is 0.217. The van der Waals surface area contributed by atoms with Crippen LogP contribution in [0.5, 0.6) is 0 Å². The molecule has 0 atom stereocenters. The maximum Gasteiger partial charge on any atom is 0.261 e. The van der Waals surface area contributed by atoms with E-state index < -0.39 is 11.8 Å². The van der Waals surface area contributed by atoms with Crippen molar-refractivity contribution in [1.29, 1.82) is 0 Å². The minimum absolute atomic E-state index is 0.114. The second-order valence-electron chi connectivity index (χ2n) is 7.46. The highest BCUT2D eigenvalue weighted by Crippen LogP contribution is 2.29. The average molecular weight is 420 g/mol. The van der Waals surface area contributed by atoms with E-state index in [9.17, 15) is 14.4 Å². The number of thiazole rings is 1. The van der Waals surface area contributed by atoms with Gasteiger partial charge in [-0.05, 0) is 55.2 Å². The van der Waals surface area contributed by atoms with Crippen molar-refractivity contribution in [3.05, 3.63) is 69.6 Å². The van der Waals surface area contributed by atoms with Crippen LogP contribution in [-0.4, -0.2) is 34.2 Å². The number of aryl methyl sites for hydroxylation is 3. The summed E-state index contributed by atoms with van der Waals surface area (Å²) in [7, 11) is 0. The number of nitrogens with zero attached hydrogens (tertiary/aromatic N) is 2. The van der Waals surface area contributed by atoms with Crippen LogP contribution in [0.2, 0.25) is 0 Å². The van der Waals surface area contributed by atoms with E-state index in [4.69, 9.17) is 0 Å². The molecule has 1 aliphatic heterocycles. The number of carbonyl (C=O) groups is 3. The summed E-state index contributed by atoms with van der Waals surface area (Å²) >= 11 is 1.31. The van der Waals surface area contributed by atoms with E-state index in [0.29, 0.717) is 16.3 Å². The van der Waals surface area contributed by atoms with Gasteiger partial charge >= 0.3 is 0 Å². The lowest BCUT2D eigenvalue weighted by atomic mass is 9.98. The number of carbonyl (C=O) groups excluding carboxylic acids is 3. The van der Waals surface area contributed by atoms with E-state index >= 15 is 0 Å². The molecule has 3 amide bonds. The van der Waals surface area contributed by atoms with Crippen LogP contribution in [0.25, 0.3) is 11.3 Å². The number of nitrogens with one attached hydrogen (secondary N) is 1. The second kappa shape index (κ2) is 7.84. The van der Waals surface area contributed by atoms with Crippen LogP contribution in [0.15, 0.2) is 41.8 Å². The molecule has 0 fully saturated rings. The molecule has 0 radical (unpaired) electrons. The Kier molecular flexibility index (Phi) is 5.22. The molecule has 1 N–H and O–H groups in total. The Labute approximate surface area is 178 Å². The van der Waals surface area contributed by atoms with Crippen LogP contribution < -0.4 is 5.32 Å². The van der Waals surface area contributed by atoms with Crippen molar-refractivity contribution in [3.63, 3.8) is 0 Å². The fourth-order valence-electron chi connectivity index (χ4n) is 3.55. The molecule has 0 saturated carbocycles. The quantitative estimate of drug-likeness (QED) is 0.651. The van der Waals surface area contributed by atoms with Crippen LogP contribution in [0.3, 0.4) is 0 Å². The first kappa shape index (κ1) is 20.0. The number of hydrogen-bond acceptors (Lipinski definition) is 5. The van der Waals surface area contributed by atoms with Gasteiger partial charge in [0.05, 0.1) is 12.1 Å². The van der Waals surface area contributed by atoms with Gasteiger partial charge in [0.2, 0.25) is 11.8 Å². The van der Waals surface area contributed by atoms with Gasteiger partial charge in [-0.15, -0.1) is 11.3 Å². The molecule has 2 aromatic carbocycles. The maximum atomic E-state index is 12.6. The Balaban J connectivity index is 1.48. The van der Waals surface area contributed by atoms with Gasteiger partial charge in [-0.2, -0.15) is 0 Å². The highest BCUT2D eigenvalue weighted by atomic mass is 32.1. The zero-order valence-electron chi connectivity index (χ0n) is 17.0. The van der Waals surface area contributed by atoms with E-state index in [0.717, 1.165) is 21.7 Å². The number of rotatable bonds is 4. The number of fused-ring (bicyclic) bond motifs is 1. The van der Waals surface area contributed by atoms with Crippen LogP contribution in [0, 0.1) is 20.8 Å². The smallest absolute Gasteiger partial charge is 0.261 e. The second-order valence-corrected chi connectivity index (χ2v) is 8.31. The van der Waals surface area contributed by atoms with Crippen molar-refractivity contribution in [2.75, 3.05) is 11.9 Å². The number of aromatic nitrogens is 1. The summed E-state index contributed by atoms with van der Waals surface area (Å²) in [4.78, 5) is 43.0.